The lowest BCUT2D eigenvalue weighted by Gasteiger charge is -2.61. The van der Waals surface area contributed by atoms with E-state index < -0.39 is 0 Å². The zero-order valence-corrected chi connectivity index (χ0v) is 36.1. The minimum Gasteiger partial charge on any atom is -0.508 e. The number of phenolic OH excluding ortho intramolecular Hbond substituents is 1. The maximum Gasteiger partial charge on any atom is 0.162 e. The second-order valence-corrected chi connectivity index (χ2v) is 19.8. The van der Waals surface area contributed by atoms with Crippen molar-refractivity contribution in [3.8, 4) is 10.8 Å². The van der Waals surface area contributed by atoms with Crippen molar-refractivity contribution in [2.75, 3.05) is 55.6 Å². The summed E-state index contributed by atoms with van der Waals surface area (Å²) in [4.78, 5) is 14.5. The van der Waals surface area contributed by atoms with E-state index in [4.69, 9.17) is 4.99 Å². The van der Waals surface area contributed by atoms with Crippen molar-refractivity contribution in [2.45, 2.75) is 71.3 Å². The zero-order valence-electron chi connectivity index (χ0n) is 35.3. The number of rotatable bonds is 7. The number of thiophene rings is 1. The van der Waals surface area contributed by atoms with E-state index in [9.17, 15) is 5.11 Å². The number of hydrogen-bond donors (Lipinski definition) is 1. The van der Waals surface area contributed by atoms with Gasteiger partial charge in [-0.2, -0.15) is 0 Å². The van der Waals surface area contributed by atoms with E-state index >= 15 is 0 Å². The van der Waals surface area contributed by atoms with Crippen molar-refractivity contribution in [1.82, 2.24) is 19.7 Å². The molecule has 0 amide bonds. The van der Waals surface area contributed by atoms with Gasteiger partial charge in [0.05, 0.1) is 5.71 Å². The molecule has 3 atom stereocenters. The summed E-state index contributed by atoms with van der Waals surface area (Å²) in [5, 5.41) is 20.4. The van der Waals surface area contributed by atoms with Gasteiger partial charge in [-0.1, -0.05) is 60.7 Å². The van der Waals surface area contributed by atoms with Crippen LogP contribution in [0.15, 0.2) is 102 Å². The fourth-order valence-electron chi connectivity index (χ4n) is 11.4. The summed E-state index contributed by atoms with van der Waals surface area (Å²) in [6.07, 6.45) is 4.61. The average Bonchev–Trinajstić information content (AvgIpc) is 3.73. The molecule has 0 radical (unpaired) electrons. The van der Waals surface area contributed by atoms with Gasteiger partial charge in [0.15, 0.2) is 5.82 Å². The highest BCUT2D eigenvalue weighted by Crippen LogP contribution is 2.48. The molecule has 0 saturated carbocycles. The number of hydrogen-bond acceptors (Lipinski definition) is 8. The summed E-state index contributed by atoms with van der Waals surface area (Å²) in [7, 11) is 0. The quantitative estimate of drug-likeness (QED) is 0.173. The van der Waals surface area contributed by atoms with Crippen molar-refractivity contribution in [1.29, 1.82) is 0 Å². The number of piperidine rings is 1. The second kappa shape index (κ2) is 14.7. The topological polar surface area (TPSA) is 73.0 Å². The Morgan fingerprint density at radius 2 is 1.48 bits per heavy atom. The third kappa shape index (κ3) is 6.47. The van der Waals surface area contributed by atoms with Gasteiger partial charge < -0.3 is 19.8 Å². The minimum absolute atomic E-state index is 0.0692. The summed E-state index contributed by atoms with van der Waals surface area (Å²) < 4.78 is 2.21. The van der Waals surface area contributed by atoms with Gasteiger partial charge in [-0.15, -0.1) is 21.5 Å². The van der Waals surface area contributed by atoms with Crippen molar-refractivity contribution in [3.05, 3.63) is 153 Å². The molecule has 60 heavy (non-hydrogen) atoms. The van der Waals surface area contributed by atoms with Crippen molar-refractivity contribution in [3.63, 3.8) is 0 Å². The Morgan fingerprint density at radius 1 is 0.767 bits per heavy atom. The molecule has 6 aromatic rings. The zero-order chi connectivity index (χ0) is 40.7. The standard InChI is InChI=1S/C51H55N7OS/c1-32-34(3)60-50-46(32)48(52-33(2)49-54-53-35(4)58(49)50)39-12-17-42(18-13-39)57-30-51(31-57)28-55(29-51)27-36-22-24-56(25-23-36)41-15-10-38(11-16-41)47-44(37-8-6-5-7-9-37)20-14-40-26-43(59)19-21-45(40)47/h5-13,15-19,21,26,33,36,44,47,59H,14,20,22-25,27-31H2,1-4H3/t33-,44?,47?/m0/s1. The number of aromatic hydroxyl groups is 1. The molecule has 2 unspecified atom stereocenters. The summed E-state index contributed by atoms with van der Waals surface area (Å²) in [5.74, 6) is 3.69. The van der Waals surface area contributed by atoms with Crippen LogP contribution in [0, 0.1) is 32.1 Å². The summed E-state index contributed by atoms with van der Waals surface area (Å²) in [5.41, 5.74) is 13.3. The van der Waals surface area contributed by atoms with Crippen LogP contribution in [0.25, 0.3) is 5.00 Å². The van der Waals surface area contributed by atoms with E-state index in [1.54, 1.807) is 0 Å². The number of phenols is 1. The molecule has 1 aliphatic carbocycles. The number of fused-ring (bicyclic) bond motifs is 4. The molecule has 3 saturated heterocycles. The van der Waals surface area contributed by atoms with Crippen molar-refractivity contribution < 1.29 is 5.11 Å². The smallest absolute Gasteiger partial charge is 0.162 e. The van der Waals surface area contributed by atoms with Gasteiger partial charge in [-0.25, -0.2) is 0 Å². The molecule has 4 aliphatic heterocycles. The van der Waals surface area contributed by atoms with E-state index in [0.29, 0.717) is 17.1 Å². The van der Waals surface area contributed by atoms with Crippen molar-refractivity contribution in [2.24, 2.45) is 16.3 Å². The highest BCUT2D eigenvalue weighted by atomic mass is 32.1. The molecule has 9 heteroatoms. The van der Waals surface area contributed by atoms with Crippen LogP contribution in [-0.4, -0.2) is 76.3 Å². The largest absolute Gasteiger partial charge is 0.508 e. The Morgan fingerprint density at radius 3 is 2.23 bits per heavy atom. The van der Waals surface area contributed by atoms with Crippen LogP contribution in [0.2, 0.25) is 0 Å². The lowest BCUT2D eigenvalue weighted by atomic mass is 9.69. The first-order chi connectivity index (χ1) is 29.2. The molecule has 1 N–H and O–H groups in total. The van der Waals surface area contributed by atoms with E-state index in [2.05, 4.69) is 135 Å². The van der Waals surface area contributed by atoms with Crippen LogP contribution < -0.4 is 9.80 Å². The van der Waals surface area contributed by atoms with Crippen LogP contribution in [0.4, 0.5) is 11.4 Å². The van der Waals surface area contributed by atoms with E-state index in [-0.39, 0.29) is 12.0 Å². The van der Waals surface area contributed by atoms with Gasteiger partial charge in [0, 0.05) is 84.5 Å². The maximum absolute atomic E-state index is 10.3. The van der Waals surface area contributed by atoms with Crippen LogP contribution in [0.1, 0.15) is 99.5 Å². The van der Waals surface area contributed by atoms with E-state index in [1.165, 1.54) is 92.7 Å². The van der Waals surface area contributed by atoms with Gasteiger partial charge in [-0.05, 0) is 129 Å². The normalized spacial score (nSPS) is 22.3. The fourth-order valence-corrected chi connectivity index (χ4v) is 12.6. The summed E-state index contributed by atoms with van der Waals surface area (Å²) in [6, 6.07) is 35.6. The highest BCUT2D eigenvalue weighted by Gasteiger charge is 2.52. The molecular weight excluding hydrogens is 759 g/mol. The van der Waals surface area contributed by atoms with Crippen LogP contribution >= 0.6 is 11.3 Å². The van der Waals surface area contributed by atoms with Crippen LogP contribution in [0.5, 0.6) is 5.75 Å². The number of nitrogens with zero attached hydrogens (tertiary/aromatic N) is 7. The molecule has 2 aromatic heterocycles. The van der Waals surface area contributed by atoms with Gasteiger partial charge in [0.2, 0.25) is 0 Å². The fraction of sp³-hybridized carbons (Fsp3) is 0.392. The average molecular weight is 814 g/mol. The maximum atomic E-state index is 10.3. The monoisotopic (exact) mass is 813 g/mol. The number of aryl methyl sites for hydroxylation is 3. The van der Waals surface area contributed by atoms with Gasteiger partial charge in [0.1, 0.15) is 22.6 Å². The first-order valence-electron chi connectivity index (χ1n) is 22.1. The number of benzene rings is 4. The lowest BCUT2D eigenvalue weighted by molar-refractivity contribution is -0.0323. The van der Waals surface area contributed by atoms with Crippen molar-refractivity contribution >= 4 is 28.4 Å². The molecule has 11 rings (SSSR count). The van der Waals surface area contributed by atoms with E-state index in [0.717, 1.165) is 62.3 Å². The first kappa shape index (κ1) is 37.7. The molecule has 1 spiro atoms. The molecule has 5 aliphatic rings. The predicted molar refractivity (Wildman–Crippen MR) is 244 cm³/mol. The summed E-state index contributed by atoms with van der Waals surface area (Å²) >= 11 is 1.82. The number of aromatic nitrogens is 3. The van der Waals surface area contributed by atoms with Gasteiger partial charge >= 0.3 is 0 Å². The molecule has 6 heterocycles. The Kier molecular flexibility index (Phi) is 9.26. The van der Waals surface area contributed by atoms with Gasteiger partial charge in [-0.3, -0.25) is 9.56 Å². The molecule has 306 valence electrons. The number of aliphatic imine (C=N–C) groups is 1. The van der Waals surface area contributed by atoms with Crippen LogP contribution in [-0.2, 0) is 6.42 Å². The third-order valence-electron chi connectivity index (χ3n) is 14.6. The third-order valence-corrected chi connectivity index (χ3v) is 15.8. The van der Waals surface area contributed by atoms with Gasteiger partial charge in [0.25, 0.3) is 0 Å². The Balaban J connectivity index is 0.685. The molecule has 8 nitrogen and oxygen atoms in total. The second-order valence-electron chi connectivity index (χ2n) is 18.6. The minimum atomic E-state index is -0.0692. The Labute approximate surface area is 358 Å². The highest BCUT2D eigenvalue weighted by molar-refractivity contribution is 7.15. The molecular formula is C51H55N7OS. The van der Waals surface area contributed by atoms with E-state index in [1.807, 2.05) is 30.4 Å². The molecule has 0 bridgehead atoms. The molecule has 4 aromatic carbocycles. The summed E-state index contributed by atoms with van der Waals surface area (Å²) in [6.45, 7) is 16.8. The number of likely N-dealkylation sites (tertiary alicyclic amines) is 1. The Bertz CT molecular complexity index is 2570. The molecule has 3 fully saturated rings. The first-order valence-corrected chi connectivity index (χ1v) is 22.9. The SMILES string of the molecule is Cc1sc2c(c1C)C(c1ccc(N3CC4(CN(CC5CCN(c6ccc(C7c8ccc(O)cc8CCC7c7ccccc7)cc6)CC5)C4)C3)cc1)=N[C@@H](C)c1nnc(C)n1-2. The Hall–Kier alpha value is -5.25. The number of anilines is 2. The van der Waals surface area contributed by atoms with Crippen LogP contribution in [0.3, 0.4) is 0 Å². The lowest BCUT2D eigenvalue weighted by Crippen LogP contribution is -2.72. The predicted octanol–water partition coefficient (Wildman–Crippen LogP) is 9.77.